The lowest BCUT2D eigenvalue weighted by Crippen LogP contribution is -2.44. The van der Waals surface area contributed by atoms with Crippen LogP contribution in [0.15, 0.2) is 64.2 Å². The van der Waals surface area contributed by atoms with E-state index in [0.29, 0.717) is 0 Å². The first kappa shape index (κ1) is 15.1. The summed E-state index contributed by atoms with van der Waals surface area (Å²) in [6, 6.07) is 18.9. The van der Waals surface area contributed by atoms with E-state index in [1.54, 1.807) is 0 Å². The molecule has 0 bridgehead atoms. The largest absolute Gasteiger partial charge is 0.368 e. The van der Waals surface area contributed by atoms with Crippen LogP contribution in [-0.2, 0) is 0 Å². The maximum Gasteiger partial charge on any atom is 0.0647 e. The van der Waals surface area contributed by atoms with Crippen LogP contribution in [0.2, 0.25) is 0 Å². The lowest BCUT2D eigenvalue weighted by Gasteiger charge is -2.34. The highest BCUT2D eigenvalue weighted by atomic mass is 79.9. The van der Waals surface area contributed by atoms with Crippen molar-refractivity contribution in [3.8, 4) is 0 Å². The van der Waals surface area contributed by atoms with Gasteiger partial charge in [-0.1, -0.05) is 46.3 Å². The molecule has 1 heterocycles. The zero-order valence-electron chi connectivity index (χ0n) is 12.7. The minimum absolute atomic E-state index is 0.959. The van der Waals surface area contributed by atoms with E-state index in [2.05, 4.69) is 75.2 Å². The summed E-state index contributed by atoms with van der Waals surface area (Å²) in [4.78, 5) is 2.42. The molecule has 1 fully saturated rings. The highest BCUT2D eigenvalue weighted by Crippen LogP contribution is 2.17. The van der Waals surface area contributed by atoms with Gasteiger partial charge in [0.05, 0.1) is 18.8 Å². The van der Waals surface area contributed by atoms with E-state index in [9.17, 15) is 0 Å². The molecule has 0 atom stereocenters. The third-order valence-electron chi connectivity index (χ3n) is 3.91. The number of benzene rings is 2. The van der Waals surface area contributed by atoms with E-state index < -0.39 is 0 Å². The Morgan fingerprint density at radius 2 is 1.68 bits per heavy atom. The lowest BCUT2D eigenvalue weighted by molar-refractivity contribution is 0.270. The van der Waals surface area contributed by atoms with Crippen molar-refractivity contribution in [2.45, 2.75) is 6.92 Å². The minimum atomic E-state index is 0.959. The molecule has 22 heavy (non-hydrogen) atoms. The second kappa shape index (κ2) is 6.97. The number of anilines is 1. The molecule has 3 nitrogen and oxygen atoms in total. The van der Waals surface area contributed by atoms with E-state index in [1.807, 2.05) is 12.1 Å². The lowest BCUT2D eigenvalue weighted by atomic mass is 10.1. The molecule has 0 aromatic heterocycles. The molecule has 0 saturated carbocycles. The summed E-state index contributed by atoms with van der Waals surface area (Å²) in [5.41, 5.74) is 3.53. The van der Waals surface area contributed by atoms with Crippen LogP contribution >= 0.6 is 15.9 Å². The van der Waals surface area contributed by atoms with Crippen LogP contribution in [0.5, 0.6) is 0 Å². The van der Waals surface area contributed by atoms with Crippen LogP contribution in [0.4, 0.5) is 5.69 Å². The Morgan fingerprint density at radius 1 is 0.955 bits per heavy atom. The van der Waals surface area contributed by atoms with Crippen molar-refractivity contribution in [2.24, 2.45) is 5.10 Å². The van der Waals surface area contributed by atoms with Gasteiger partial charge in [-0.25, -0.2) is 0 Å². The molecule has 2 aromatic carbocycles. The van der Waals surface area contributed by atoms with Crippen LogP contribution in [0.25, 0.3) is 0 Å². The summed E-state index contributed by atoms with van der Waals surface area (Å²) in [6.07, 6.45) is 0. The number of hydrogen-bond donors (Lipinski definition) is 0. The van der Waals surface area contributed by atoms with Gasteiger partial charge in [0.2, 0.25) is 0 Å². The number of hydrogen-bond acceptors (Lipinski definition) is 3. The number of piperazine rings is 1. The van der Waals surface area contributed by atoms with Gasteiger partial charge in [0.1, 0.15) is 0 Å². The fraction of sp³-hybridized carbons (Fsp3) is 0.278. The number of halogens is 1. The zero-order valence-corrected chi connectivity index (χ0v) is 14.3. The van der Waals surface area contributed by atoms with Crippen LogP contribution in [0.3, 0.4) is 0 Å². The Labute approximate surface area is 140 Å². The average Bonchev–Trinajstić information content (AvgIpc) is 2.56. The zero-order chi connectivity index (χ0) is 15.4. The Bertz CT molecular complexity index is 646. The van der Waals surface area contributed by atoms with Gasteiger partial charge in [-0.3, -0.25) is 5.01 Å². The second-order valence-corrected chi connectivity index (χ2v) is 6.39. The molecule has 0 radical (unpaired) electrons. The Hall–Kier alpha value is -1.81. The first-order valence-corrected chi connectivity index (χ1v) is 8.38. The monoisotopic (exact) mass is 357 g/mol. The van der Waals surface area contributed by atoms with Crippen LogP contribution in [-0.4, -0.2) is 36.9 Å². The highest BCUT2D eigenvalue weighted by molar-refractivity contribution is 9.10. The molecule has 1 aliphatic rings. The first-order chi connectivity index (χ1) is 10.7. The van der Waals surface area contributed by atoms with Gasteiger partial charge < -0.3 is 4.90 Å². The standard InChI is InChI=1S/C18H20BrN3/c1-15(16-6-5-7-17(19)14-16)20-22-12-10-21(11-13-22)18-8-3-2-4-9-18/h2-9,14H,10-13H2,1H3/b20-15-. The highest BCUT2D eigenvalue weighted by Gasteiger charge is 2.16. The summed E-state index contributed by atoms with van der Waals surface area (Å²) in [5, 5.41) is 6.95. The van der Waals surface area contributed by atoms with Gasteiger partial charge >= 0.3 is 0 Å². The number of rotatable bonds is 3. The molecule has 4 heteroatoms. The van der Waals surface area contributed by atoms with Crippen LogP contribution < -0.4 is 4.90 Å². The molecular weight excluding hydrogens is 338 g/mol. The number of para-hydroxylation sites is 1. The number of nitrogens with zero attached hydrogens (tertiary/aromatic N) is 3. The first-order valence-electron chi connectivity index (χ1n) is 7.58. The van der Waals surface area contributed by atoms with Gasteiger partial charge in [0.15, 0.2) is 0 Å². The van der Waals surface area contributed by atoms with Gasteiger partial charge in [-0.2, -0.15) is 5.10 Å². The molecule has 0 unspecified atom stereocenters. The molecule has 1 saturated heterocycles. The normalized spacial score (nSPS) is 16.0. The Balaban J connectivity index is 1.63. The van der Waals surface area contributed by atoms with Crippen molar-refractivity contribution >= 4 is 27.3 Å². The van der Waals surface area contributed by atoms with E-state index in [4.69, 9.17) is 5.10 Å². The Morgan fingerprint density at radius 3 is 2.36 bits per heavy atom. The topological polar surface area (TPSA) is 18.8 Å². The van der Waals surface area contributed by atoms with E-state index in [-0.39, 0.29) is 0 Å². The summed E-state index contributed by atoms with van der Waals surface area (Å²) < 4.78 is 1.09. The molecular formula is C18H20BrN3. The fourth-order valence-electron chi connectivity index (χ4n) is 2.68. The predicted octanol–water partition coefficient (Wildman–Crippen LogP) is 4.00. The van der Waals surface area contributed by atoms with Crippen molar-refractivity contribution in [1.82, 2.24) is 5.01 Å². The summed E-state index contributed by atoms with van der Waals surface area (Å²) in [7, 11) is 0. The molecule has 0 amide bonds. The molecule has 0 spiro atoms. The maximum atomic E-state index is 4.78. The third-order valence-corrected chi connectivity index (χ3v) is 4.40. The maximum absolute atomic E-state index is 4.78. The van der Waals surface area contributed by atoms with Crippen molar-refractivity contribution in [3.63, 3.8) is 0 Å². The van der Waals surface area contributed by atoms with Crippen molar-refractivity contribution in [2.75, 3.05) is 31.1 Å². The quantitative estimate of drug-likeness (QED) is 0.773. The van der Waals surface area contributed by atoms with Crippen molar-refractivity contribution in [3.05, 3.63) is 64.6 Å². The summed E-state index contributed by atoms with van der Waals surface area (Å²) >= 11 is 3.51. The summed E-state index contributed by atoms with van der Waals surface area (Å²) in [6.45, 7) is 6.02. The Kier molecular flexibility index (Phi) is 4.78. The predicted molar refractivity (Wildman–Crippen MR) is 96.6 cm³/mol. The molecule has 0 aliphatic carbocycles. The SMILES string of the molecule is C/C(=N/N1CCN(c2ccccc2)CC1)c1cccc(Br)c1. The van der Waals surface area contributed by atoms with Crippen molar-refractivity contribution in [1.29, 1.82) is 0 Å². The fourth-order valence-corrected chi connectivity index (χ4v) is 3.08. The second-order valence-electron chi connectivity index (χ2n) is 5.47. The van der Waals surface area contributed by atoms with Crippen molar-refractivity contribution < 1.29 is 0 Å². The molecule has 3 rings (SSSR count). The molecule has 0 N–H and O–H groups in total. The third kappa shape index (κ3) is 3.69. The van der Waals surface area contributed by atoms with E-state index >= 15 is 0 Å². The van der Waals surface area contributed by atoms with Gasteiger partial charge in [-0.05, 0) is 36.8 Å². The summed E-state index contributed by atoms with van der Waals surface area (Å²) in [5.74, 6) is 0. The van der Waals surface area contributed by atoms with Gasteiger partial charge in [0.25, 0.3) is 0 Å². The van der Waals surface area contributed by atoms with E-state index in [1.165, 1.54) is 11.3 Å². The number of hydrazone groups is 1. The smallest absolute Gasteiger partial charge is 0.0647 e. The molecule has 114 valence electrons. The minimum Gasteiger partial charge on any atom is -0.368 e. The van der Waals surface area contributed by atoms with Gasteiger partial charge in [0, 0.05) is 23.2 Å². The van der Waals surface area contributed by atoms with Gasteiger partial charge in [-0.15, -0.1) is 0 Å². The molecule has 2 aromatic rings. The van der Waals surface area contributed by atoms with Crippen LogP contribution in [0, 0.1) is 0 Å². The van der Waals surface area contributed by atoms with E-state index in [0.717, 1.165) is 36.4 Å². The van der Waals surface area contributed by atoms with Crippen LogP contribution in [0.1, 0.15) is 12.5 Å². The average molecular weight is 358 g/mol. The molecule has 1 aliphatic heterocycles.